The molecule has 2 aliphatic rings. The fraction of sp³-hybridized carbons (Fsp3) is 0.647. The first-order valence-corrected chi connectivity index (χ1v) is 7.94. The molecule has 21 heavy (non-hydrogen) atoms. The molecule has 1 aromatic rings. The van der Waals surface area contributed by atoms with Crippen LogP contribution < -0.4 is 4.74 Å². The smallest absolute Gasteiger partial charge is 0.132 e. The minimum absolute atomic E-state index is 0.272. The van der Waals surface area contributed by atoms with Crippen molar-refractivity contribution >= 4 is 0 Å². The quantitative estimate of drug-likeness (QED) is 0.924. The van der Waals surface area contributed by atoms with Gasteiger partial charge in [0.1, 0.15) is 17.7 Å². The first-order chi connectivity index (χ1) is 10.2. The van der Waals surface area contributed by atoms with Crippen LogP contribution in [0.5, 0.6) is 5.75 Å². The lowest BCUT2D eigenvalue weighted by Gasteiger charge is -2.43. The van der Waals surface area contributed by atoms with Crippen LogP contribution in [0.15, 0.2) is 18.2 Å². The van der Waals surface area contributed by atoms with E-state index in [1.165, 1.54) is 26.0 Å². The van der Waals surface area contributed by atoms with Gasteiger partial charge < -0.3 is 9.84 Å². The molecule has 1 aliphatic carbocycles. The summed E-state index contributed by atoms with van der Waals surface area (Å²) < 4.78 is 19.4. The van der Waals surface area contributed by atoms with Crippen molar-refractivity contribution in [2.75, 3.05) is 20.2 Å². The van der Waals surface area contributed by atoms with Crippen molar-refractivity contribution < 1.29 is 14.2 Å². The first-order valence-electron chi connectivity index (χ1n) is 7.94. The van der Waals surface area contributed by atoms with Gasteiger partial charge in [0.15, 0.2) is 0 Å². The summed E-state index contributed by atoms with van der Waals surface area (Å²) in [5.74, 6) is 0.123. The predicted octanol–water partition coefficient (Wildman–Crippen LogP) is 3.28. The SMILES string of the molecule is COc1ccc(C(O)C2(N3CCCC3)CCCC2)c(F)c1. The Bertz CT molecular complexity index is 494. The van der Waals surface area contributed by atoms with Gasteiger partial charge in [0.2, 0.25) is 0 Å². The van der Waals surface area contributed by atoms with Crippen LogP contribution in [0, 0.1) is 5.82 Å². The van der Waals surface area contributed by atoms with E-state index in [1.54, 1.807) is 12.1 Å². The molecule has 4 heteroatoms. The van der Waals surface area contributed by atoms with Gasteiger partial charge in [-0.1, -0.05) is 12.8 Å². The van der Waals surface area contributed by atoms with E-state index in [1.807, 2.05) is 0 Å². The number of hydrogen-bond acceptors (Lipinski definition) is 3. The summed E-state index contributed by atoms with van der Waals surface area (Å²) >= 11 is 0. The molecule has 1 unspecified atom stereocenters. The number of halogens is 1. The van der Waals surface area contributed by atoms with E-state index in [-0.39, 0.29) is 11.4 Å². The van der Waals surface area contributed by atoms with E-state index in [0.717, 1.165) is 38.8 Å². The number of rotatable bonds is 4. The van der Waals surface area contributed by atoms with Crippen LogP contribution in [-0.4, -0.2) is 35.7 Å². The summed E-state index contributed by atoms with van der Waals surface area (Å²) in [6, 6.07) is 4.77. The molecule has 1 saturated heterocycles. The van der Waals surface area contributed by atoms with Gasteiger partial charge in [-0.05, 0) is 50.9 Å². The molecule has 1 atom stereocenters. The molecule has 3 rings (SSSR count). The zero-order chi connectivity index (χ0) is 14.9. The van der Waals surface area contributed by atoms with E-state index in [0.29, 0.717) is 11.3 Å². The van der Waals surface area contributed by atoms with Crippen molar-refractivity contribution in [1.82, 2.24) is 4.90 Å². The average molecular weight is 293 g/mol. The number of aliphatic hydroxyl groups excluding tert-OH is 1. The highest BCUT2D eigenvalue weighted by Gasteiger charge is 2.47. The highest BCUT2D eigenvalue weighted by atomic mass is 19.1. The normalized spacial score (nSPS) is 23.4. The maximum Gasteiger partial charge on any atom is 0.132 e. The van der Waals surface area contributed by atoms with Crippen LogP contribution in [0.2, 0.25) is 0 Å². The topological polar surface area (TPSA) is 32.7 Å². The lowest BCUT2D eigenvalue weighted by atomic mass is 9.84. The molecular weight excluding hydrogens is 269 g/mol. The Morgan fingerprint density at radius 3 is 2.43 bits per heavy atom. The molecule has 0 aromatic heterocycles. The van der Waals surface area contributed by atoms with E-state index < -0.39 is 6.10 Å². The Morgan fingerprint density at radius 2 is 1.86 bits per heavy atom. The van der Waals surface area contributed by atoms with Crippen LogP contribution in [-0.2, 0) is 0 Å². The number of benzene rings is 1. The van der Waals surface area contributed by atoms with Crippen molar-refractivity contribution in [3.63, 3.8) is 0 Å². The molecule has 2 fully saturated rings. The van der Waals surface area contributed by atoms with Crippen LogP contribution in [0.25, 0.3) is 0 Å². The molecule has 116 valence electrons. The van der Waals surface area contributed by atoms with Gasteiger partial charge >= 0.3 is 0 Å². The Balaban J connectivity index is 1.92. The second-order valence-electron chi connectivity index (χ2n) is 6.29. The lowest BCUT2D eigenvalue weighted by molar-refractivity contribution is -0.0213. The van der Waals surface area contributed by atoms with Crippen LogP contribution in [0.4, 0.5) is 4.39 Å². The lowest BCUT2D eigenvalue weighted by Crippen LogP contribution is -2.49. The van der Waals surface area contributed by atoms with Crippen molar-refractivity contribution in [2.45, 2.75) is 50.2 Å². The molecule has 0 bridgehead atoms. The number of ether oxygens (including phenoxy) is 1. The van der Waals surface area contributed by atoms with Gasteiger partial charge in [-0.2, -0.15) is 0 Å². The summed E-state index contributed by atoms with van der Waals surface area (Å²) in [5, 5.41) is 11.0. The second kappa shape index (κ2) is 5.93. The van der Waals surface area contributed by atoms with Gasteiger partial charge in [-0.3, -0.25) is 4.90 Å². The fourth-order valence-corrected chi connectivity index (χ4v) is 4.06. The van der Waals surface area contributed by atoms with Crippen molar-refractivity contribution in [3.8, 4) is 5.75 Å². The number of methoxy groups -OCH3 is 1. The van der Waals surface area contributed by atoms with Gasteiger partial charge in [0, 0.05) is 11.6 Å². The van der Waals surface area contributed by atoms with E-state index in [9.17, 15) is 9.50 Å². The molecule has 1 aromatic carbocycles. The molecule has 0 radical (unpaired) electrons. The van der Waals surface area contributed by atoms with Crippen LogP contribution in [0.3, 0.4) is 0 Å². The standard InChI is InChI=1S/C17H24FNO2/c1-21-13-6-7-14(15(18)12-13)16(20)17(8-2-3-9-17)19-10-4-5-11-19/h6-7,12,16,20H,2-5,8-11H2,1H3. The van der Waals surface area contributed by atoms with Gasteiger partial charge in [-0.25, -0.2) is 4.39 Å². The third-order valence-electron chi connectivity index (χ3n) is 5.22. The summed E-state index contributed by atoms with van der Waals surface area (Å²) in [5.41, 5.74) is 0.135. The molecular formula is C17H24FNO2. The minimum Gasteiger partial charge on any atom is -0.497 e. The minimum atomic E-state index is -0.760. The zero-order valence-corrected chi connectivity index (χ0v) is 12.6. The van der Waals surface area contributed by atoms with Gasteiger partial charge in [0.05, 0.1) is 12.6 Å². The summed E-state index contributed by atoms with van der Waals surface area (Å²) in [4.78, 5) is 2.40. The number of nitrogens with zero attached hydrogens (tertiary/aromatic N) is 1. The maximum absolute atomic E-state index is 14.3. The third kappa shape index (κ3) is 2.55. The Hall–Kier alpha value is -1.13. The Morgan fingerprint density at radius 1 is 1.19 bits per heavy atom. The second-order valence-corrected chi connectivity index (χ2v) is 6.29. The highest BCUT2D eigenvalue weighted by molar-refractivity contribution is 5.32. The van der Waals surface area contributed by atoms with Gasteiger partial charge in [-0.15, -0.1) is 0 Å². The zero-order valence-electron chi connectivity index (χ0n) is 12.6. The average Bonchev–Trinajstić information content (AvgIpc) is 3.17. The van der Waals surface area contributed by atoms with E-state index in [2.05, 4.69) is 4.90 Å². The van der Waals surface area contributed by atoms with Gasteiger partial charge in [0.25, 0.3) is 0 Å². The monoisotopic (exact) mass is 293 g/mol. The molecule has 1 N–H and O–H groups in total. The Kier molecular flexibility index (Phi) is 4.18. The molecule has 3 nitrogen and oxygen atoms in total. The van der Waals surface area contributed by atoms with E-state index >= 15 is 0 Å². The molecule has 0 amide bonds. The van der Waals surface area contributed by atoms with Crippen LogP contribution in [0.1, 0.15) is 50.2 Å². The first kappa shape index (κ1) is 14.8. The van der Waals surface area contributed by atoms with E-state index in [4.69, 9.17) is 4.74 Å². The third-order valence-corrected chi connectivity index (χ3v) is 5.22. The van der Waals surface area contributed by atoms with Crippen molar-refractivity contribution in [1.29, 1.82) is 0 Å². The summed E-state index contributed by atoms with van der Waals surface area (Å²) in [6.07, 6.45) is 5.75. The highest BCUT2D eigenvalue weighted by Crippen LogP contribution is 2.46. The number of hydrogen-bond donors (Lipinski definition) is 1. The molecule has 0 spiro atoms. The molecule has 1 saturated carbocycles. The fourth-order valence-electron chi connectivity index (χ4n) is 4.06. The summed E-state index contributed by atoms with van der Waals surface area (Å²) in [6.45, 7) is 2.05. The number of likely N-dealkylation sites (tertiary alicyclic amines) is 1. The molecule has 1 aliphatic heterocycles. The molecule has 1 heterocycles. The summed E-state index contributed by atoms with van der Waals surface area (Å²) in [7, 11) is 1.52. The van der Waals surface area contributed by atoms with Crippen LogP contribution >= 0.6 is 0 Å². The predicted molar refractivity (Wildman–Crippen MR) is 79.9 cm³/mol. The largest absolute Gasteiger partial charge is 0.497 e. The van der Waals surface area contributed by atoms with Crippen molar-refractivity contribution in [3.05, 3.63) is 29.6 Å². The van der Waals surface area contributed by atoms with Crippen molar-refractivity contribution in [2.24, 2.45) is 0 Å². The maximum atomic E-state index is 14.3. The number of aliphatic hydroxyl groups is 1. The Labute approximate surface area is 125 Å².